The van der Waals surface area contributed by atoms with Gasteiger partial charge in [-0.3, -0.25) is 14.4 Å². The van der Waals surface area contributed by atoms with Gasteiger partial charge in [-0.05, 0) is 31.8 Å². The lowest BCUT2D eigenvalue weighted by Gasteiger charge is -2.29. The number of aromatic nitrogens is 1. The van der Waals surface area contributed by atoms with Gasteiger partial charge in [0, 0.05) is 62.7 Å². The number of ketones is 1. The number of cyclic esters (lactones) is 1. The van der Waals surface area contributed by atoms with Crippen molar-refractivity contribution in [1.29, 1.82) is 0 Å². The van der Waals surface area contributed by atoms with E-state index in [0.717, 1.165) is 5.57 Å². The molecule has 2 bridgehead atoms. The minimum absolute atomic E-state index is 0.00930. The summed E-state index contributed by atoms with van der Waals surface area (Å²) in [6.07, 6.45) is 8.62. The maximum atomic E-state index is 13.2. The van der Waals surface area contributed by atoms with Crippen LogP contribution in [-0.2, 0) is 25.5 Å². The van der Waals surface area contributed by atoms with Crippen molar-refractivity contribution in [3.63, 3.8) is 0 Å². The molecule has 3 heterocycles. The first kappa shape index (κ1) is 34.1. The third-order valence-electron chi connectivity index (χ3n) is 6.55. The number of amides is 2. The number of oxazole rings is 1. The van der Waals surface area contributed by atoms with Crippen molar-refractivity contribution in [1.82, 2.24) is 15.2 Å². The molecule has 220 valence electrons. The van der Waals surface area contributed by atoms with Crippen molar-refractivity contribution < 1.29 is 33.4 Å². The molecule has 0 aromatic carbocycles. The molecule has 2 N–H and O–H groups in total. The summed E-state index contributed by atoms with van der Waals surface area (Å²) in [5.41, 5.74) is 0.739. The topological polar surface area (TPSA) is 139 Å². The van der Waals surface area contributed by atoms with Crippen LogP contribution in [0.1, 0.15) is 63.3 Å². The van der Waals surface area contributed by atoms with Gasteiger partial charge in [-0.25, -0.2) is 9.78 Å². The Morgan fingerprint density at radius 3 is 2.60 bits per heavy atom. The van der Waals surface area contributed by atoms with E-state index in [4.69, 9.17) is 9.15 Å². The van der Waals surface area contributed by atoms with Crippen molar-refractivity contribution in [2.75, 3.05) is 13.1 Å². The first-order valence-electron chi connectivity index (χ1n) is 13.2. The minimum atomic E-state index is -1.01. The molecule has 2 unspecified atom stereocenters. The van der Waals surface area contributed by atoms with Crippen molar-refractivity contribution >= 4 is 60.8 Å². The van der Waals surface area contributed by atoms with Gasteiger partial charge in [0.15, 0.2) is 5.69 Å². The number of esters is 1. The van der Waals surface area contributed by atoms with Crippen LogP contribution in [0.5, 0.6) is 0 Å². The van der Waals surface area contributed by atoms with E-state index in [9.17, 15) is 24.3 Å². The second-order valence-electron chi connectivity index (χ2n) is 10.2. The van der Waals surface area contributed by atoms with E-state index >= 15 is 0 Å². The van der Waals surface area contributed by atoms with Crippen LogP contribution >= 0.6 is 37.2 Å². The number of aliphatic hydroxyl groups is 1. The third-order valence-corrected chi connectivity index (χ3v) is 6.55. The summed E-state index contributed by atoms with van der Waals surface area (Å²) in [6, 6.07) is -0.761. The Labute approximate surface area is 258 Å². The minimum Gasteiger partial charge on any atom is -0.460 e. The average molecular weight is 781 g/mol. The quantitative estimate of drug-likeness (QED) is 0.318. The van der Waals surface area contributed by atoms with Gasteiger partial charge in [-0.1, -0.05) is 50.6 Å². The lowest BCUT2D eigenvalue weighted by Crippen LogP contribution is -2.44. The smallest absolute Gasteiger partial charge is 0.329 e. The lowest BCUT2D eigenvalue weighted by atomic mass is 9.94. The Morgan fingerprint density at radius 1 is 1.18 bits per heavy atom. The van der Waals surface area contributed by atoms with Crippen molar-refractivity contribution in [3.05, 3.63) is 53.8 Å². The molecule has 1 aromatic heterocycles. The van der Waals surface area contributed by atoms with Crippen LogP contribution in [0.25, 0.3) is 0 Å². The van der Waals surface area contributed by atoms with Gasteiger partial charge >= 0.3 is 5.97 Å². The molecule has 12 heteroatoms. The number of nitrogens with one attached hydrogen (secondary N) is 1. The summed E-state index contributed by atoms with van der Waals surface area (Å²) in [6.45, 7) is 8.16. The number of allylic oxidation sites excluding steroid dienone is 2. The first-order chi connectivity index (χ1) is 19.0. The van der Waals surface area contributed by atoms with Crippen LogP contribution in [0.15, 0.2) is 46.6 Å². The van der Waals surface area contributed by atoms with E-state index in [1.54, 1.807) is 31.2 Å². The Hall–Kier alpha value is -2.07. The number of hydrogen-bond donors (Lipinski definition) is 2. The molecule has 3 rings (SSSR count). The van der Waals surface area contributed by atoms with Gasteiger partial charge in [0.05, 0.1) is 12.5 Å². The number of carbonyl (C=O) groups excluding carboxylic acids is 4. The number of carbonyl (C=O) groups is 4. The molecule has 40 heavy (non-hydrogen) atoms. The molecule has 1 saturated heterocycles. The number of rotatable bonds is 1. The highest BCUT2D eigenvalue weighted by Gasteiger charge is 2.38. The predicted molar refractivity (Wildman–Crippen MR) is 167 cm³/mol. The van der Waals surface area contributed by atoms with Crippen LogP contribution in [0, 0.1) is 11.8 Å². The van der Waals surface area contributed by atoms with E-state index in [0.29, 0.717) is 19.4 Å². The highest BCUT2D eigenvalue weighted by atomic mass is 128. The molecule has 1 fully saturated rings. The maximum absolute atomic E-state index is 13.2. The summed E-state index contributed by atoms with van der Waals surface area (Å²) >= 11 is 4.24. The third kappa shape index (κ3) is 10.4. The van der Waals surface area contributed by atoms with Crippen LogP contribution in [0.4, 0.5) is 0 Å². The van der Waals surface area contributed by atoms with Crippen molar-refractivity contribution in [3.8, 4) is 0 Å². The standard InChI is InChI=1S/C28H37N3O7.I2/c1-17(2)26-19(4)9-10-24(34)29-11-5-7-18(3)13-20(32)14-21(33)15-25-30-22(16-37-25)27(35)31-12-6-8-23(31)28(36)38-26;1-2/h5,7,9-10,13,16-17,19-20,23,26,32H,6,8,11-12,14-15H2,1-4H3,(H,29,34);/b7-5+,10-9+,18-13+;/t19?,20-,23-,26?;/m1./s1. The molecule has 0 saturated carbocycles. The highest BCUT2D eigenvalue weighted by Crippen LogP contribution is 2.25. The predicted octanol–water partition coefficient (Wildman–Crippen LogP) is 4.31. The summed E-state index contributed by atoms with van der Waals surface area (Å²) in [5, 5.41) is 13.0. The Morgan fingerprint density at radius 2 is 1.90 bits per heavy atom. The Bertz CT molecular complexity index is 1130. The number of aliphatic hydroxyl groups excluding tert-OH is 1. The fraction of sp³-hybridized carbons (Fsp3) is 0.536. The fourth-order valence-corrected chi connectivity index (χ4v) is 4.66. The molecule has 0 spiro atoms. The number of Topliss-reactive ketones (excluding diaryl/α,β-unsaturated/α-hetero) is 1. The van der Waals surface area contributed by atoms with E-state index in [-0.39, 0.29) is 54.5 Å². The van der Waals surface area contributed by atoms with E-state index in [2.05, 4.69) is 47.5 Å². The number of halogens is 2. The zero-order valence-corrected chi connectivity index (χ0v) is 27.5. The van der Waals surface area contributed by atoms with Gasteiger partial charge in [0.25, 0.3) is 5.91 Å². The van der Waals surface area contributed by atoms with Crippen LogP contribution in [-0.4, -0.2) is 69.9 Å². The molecular formula is C28H37I2N3O7. The monoisotopic (exact) mass is 781 g/mol. The van der Waals surface area contributed by atoms with Crippen LogP contribution in [0.2, 0.25) is 0 Å². The first-order valence-corrected chi connectivity index (χ1v) is 19.4. The zero-order valence-electron chi connectivity index (χ0n) is 23.1. The molecule has 0 aliphatic carbocycles. The van der Waals surface area contributed by atoms with E-state index in [1.165, 1.54) is 17.2 Å². The summed E-state index contributed by atoms with van der Waals surface area (Å²) in [4.78, 5) is 56.6. The van der Waals surface area contributed by atoms with Gasteiger partial charge in [0.2, 0.25) is 11.8 Å². The van der Waals surface area contributed by atoms with E-state index in [1.807, 2.05) is 20.8 Å². The van der Waals surface area contributed by atoms with Crippen molar-refractivity contribution in [2.45, 2.75) is 71.6 Å². The zero-order chi connectivity index (χ0) is 29.8. The molecule has 0 radical (unpaired) electrons. The largest absolute Gasteiger partial charge is 0.460 e. The SMILES string of the molecule is CC1=C\[C@@H](O)CC(=O)Cc2nc(co2)C(=O)N2CCC[C@@H]2C(=O)OC(C(C)C)C(C)/C=C/C(=O)NC\C=C\1.II. The molecule has 2 amide bonds. The van der Waals surface area contributed by atoms with Crippen LogP contribution < -0.4 is 5.32 Å². The van der Waals surface area contributed by atoms with Crippen molar-refractivity contribution in [2.24, 2.45) is 11.8 Å². The highest BCUT2D eigenvalue weighted by molar-refractivity contribution is 15.0. The molecule has 1 aromatic rings. The number of fused-ring (bicyclic) bond motifs is 3. The Balaban J connectivity index is 0.00000274. The summed E-state index contributed by atoms with van der Waals surface area (Å²) < 4.78 is 11.2. The van der Waals surface area contributed by atoms with Gasteiger partial charge in [0.1, 0.15) is 24.2 Å². The van der Waals surface area contributed by atoms with Gasteiger partial charge < -0.3 is 24.5 Å². The molecular weight excluding hydrogens is 744 g/mol. The average Bonchev–Trinajstić information content (AvgIpc) is 3.58. The van der Waals surface area contributed by atoms with Gasteiger partial charge in [-0.15, -0.1) is 0 Å². The number of nitrogens with zero attached hydrogens (tertiary/aromatic N) is 2. The second kappa shape index (κ2) is 17.0. The van der Waals surface area contributed by atoms with Gasteiger partial charge in [-0.2, -0.15) is 0 Å². The Kier molecular flexibility index (Phi) is 14.5. The summed E-state index contributed by atoms with van der Waals surface area (Å²) in [7, 11) is 0. The number of ether oxygens (including phenoxy) is 1. The molecule has 10 nitrogen and oxygen atoms in total. The second-order valence-corrected chi connectivity index (χ2v) is 10.2. The van der Waals surface area contributed by atoms with E-state index < -0.39 is 30.1 Å². The fourth-order valence-electron chi connectivity index (χ4n) is 4.66. The number of hydrogen-bond acceptors (Lipinski definition) is 8. The lowest BCUT2D eigenvalue weighted by molar-refractivity contribution is -0.158. The molecule has 2 aliphatic rings. The normalized spacial score (nSPS) is 28.4. The summed E-state index contributed by atoms with van der Waals surface area (Å²) in [5.74, 6) is -1.76. The molecule has 2 aliphatic heterocycles. The molecule has 4 atom stereocenters. The van der Waals surface area contributed by atoms with Crippen LogP contribution in [0.3, 0.4) is 0 Å². The maximum Gasteiger partial charge on any atom is 0.329 e.